The van der Waals surface area contributed by atoms with Gasteiger partial charge in [0.05, 0.1) is 0 Å². The molecule has 4 heteroatoms. The van der Waals surface area contributed by atoms with E-state index in [0.717, 1.165) is 37.2 Å². The van der Waals surface area contributed by atoms with Crippen LogP contribution in [0, 0.1) is 5.92 Å². The van der Waals surface area contributed by atoms with E-state index >= 15 is 0 Å². The van der Waals surface area contributed by atoms with Crippen LogP contribution in [0.3, 0.4) is 0 Å². The monoisotopic (exact) mass is 247 g/mol. The van der Waals surface area contributed by atoms with E-state index in [1.165, 1.54) is 12.0 Å². The molecule has 0 amide bonds. The molecule has 0 aliphatic carbocycles. The fourth-order valence-electron chi connectivity index (χ4n) is 2.19. The fourth-order valence-corrected chi connectivity index (χ4v) is 2.19. The van der Waals surface area contributed by atoms with Crippen molar-refractivity contribution in [1.82, 2.24) is 9.88 Å². The van der Waals surface area contributed by atoms with Gasteiger partial charge in [0.1, 0.15) is 5.52 Å². The smallest absolute Gasteiger partial charge is 0.181 e. The van der Waals surface area contributed by atoms with Crippen LogP contribution in [0.25, 0.3) is 11.1 Å². The summed E-state index contributed by atoms with van der Waals surface area (Å²) in [5, 5.41) is 0. The van der Waals surface area contributed by atoms with Crippen LogP contribution in [0.2, 0.25) is 0 Å². The van der Waals surface area contributed by atoms with Crippen LogP contribution in [0.15, 0.2) is 29.0 Å². The third-order valence-electron chi connectivity index (χ3n) is 3.33. The average Bonchev–Trinajstić information content (AvgIpc) is 2.83. The molecule has 98 valence electrons. The van der Waals surface area contributed by atoms with Crippen LogP contribution in [0.1, 0.15) is 18.9 Å². The van der Waals surface area contributed by atoms with Crippen LogP contribution in [0.5, 0.6) is 0 Å². The zero-order chi connectivity index (χ0) is 13.0. The molecule has 1 unspecified atom stereocenters. The number of oxazole rings is 1. The van der Waals surface area contributed by atoms with Crippen LogP contribution < -0.4 is 5.73 Å². The van der Waals surface area contributed by atoms with Crippen molar-refractivity contribution in [3.8, 4) is 0 Å². The Morgan fingerprint density at radius 3 is 3.00 bits per heavy atom. The summed E-state index contributed by atoms with van der Waals surface area (Å²) < 4.78 is 5.31. The van der Waals surface area contributed by atoms with Crippen molar-refractivity contribution in [2.45, 2.75) is 19.9 Å². The number of rotatable bonds is 6. The normalized spacial score (nSPS) is 13.3. The highest BCUT2D eigenvalue weighted by Crippen LogP contribution is 2.15. The first-order valence-corrected chi connectivity index (χ1v) is 6.43. The van der Waals surface area contributed by atoms with E-state index in [2.05, 4.69) is 36.0 Å². The molecule has 0 radical (unpaired) electrons. The number of fused-ring (bicyclic) bond motifs is 1. The number of benzene rings is 1. The maximum atomic E-state index is 5.74. The Labute approximate surface area is 108 Å². The largest absolute Gasteiger partial charge is 0.443 e. The summed E-state index contributed by atoms with van der Waals surface area (Å²) in [4.78, 5) is 6.42. The summed E-state index contributed by atoms with van der Waals surface area (Å²) in [5.74, 6) is 0.573. The Kier molecular flexibility index (Phi) is 4.33. The predicted octanol–water partition coefficient (Wildman–Crippen LogP) is 2.24. The molecule has 0 fully saturated rings. The summed E-state index contributed by atoms with van der Waals surface area (Å²) in [5.41, 5.74) is 8.74. The lowest BCUT2D eigenvalue weighted by Gasteiger charge is -2.22. The Balaban J connectivity index is 1.99. The molecule has 1 aromatic heterocycles. The maximum Gasteiger partial charge on any atom is 0.181 e. The SMILES string of the molecule is CCC(CN)CN(C)Cc1ccc2ncoc2c1. The van der Waals surface area contributed by atoms with Gasteiger partial charge in [-0.05, 0) is 37.2 Å². The maximum absolute atomic E-state index is 5.74. The van der Waals surface area contributed by atoms with E-state index in [0.29, 0.717) is 5.92 Å². The van der Waals surface area contributed by atoms with Gasteiger partial charge in [0.2, 0.25) is 0 Å². The van der Waals surface area contributed by atoms with E-state index in [1.807, 2.05) is 6.07 Å². The number of hydrogen-bond donors (Lipinski definition) is 1. The zero-order valence-electron chi connectivity index (χ0n) is 11.1. The van der Waals surface area contributed by atoms with Gasteiger partial charge in [0.25, 0.3) is 0 Å². The molecule has 1 atom stereocenters. The van der Waals surface area contributed by atoms with Crippen molar-refractivity contribution < 1.29 is 4.42 Å². The van der Waals surface area contributed by atoms with Crippen LogP contribution >= 0.6 is 0 Å². The second-order valence-electron chi connectivity index (χ2n) is 4.86. The standard InChI is InChI=1S/C14H21N3O/c1-3-11(7-15)8-17(2)9-12-4-5-13-14(6-12)18-10-16-13/h4-6,10-11H,3,7-9,15H2,1-2H3. The number of nitrogens with two attached hydrogens (primary N) is 1. The van der Waals surface area contributed by atoms with Crippen LogP contribution in [0.4, 0.5) is 0 Å². The lowest BCUT2D eigenvalue weighted by atomic mass is 10.1. The van der Waals surface area contributed by atoms with Crippen molar-refractivity contribution >= 4 is 11.1 Å². The highest BCUT2D eigenvalue weighted by Gasteiger charge is 2.09. The van der Waals surface area contributed by atoms with Crippen LogP contribution in [-0.4, -0.2) is 30.0 Å². The summed E-state index contributed by atoms with van der Waals surface area (Å²) >= 11 is 0. The molecule has 0 spiro atoms. The first-order chi connectivity index (χ1) is 8.72. The molecule has 2 rings (SSSR count). The van der Waals surface area contributed by atoms with Crippen molar-refractivity contribution in [3.05, 3.63) is 30.2 Å². The van der Waals surface area contributed by atoms with E-state index in [4.69, 9.17) is 10.2 Å². The molecule has 1 aromatic carbocycles. The summed E-state index contributed by atoms with van der Waals surface area (Å²) in [6, 6.07) is 6.16. The van der Waals surface area contributed by atoms with Gasteiger partial charge in [-0.2, -0.15) is 0 Å². The van der Waals surface area contributed by atoms with E-state index in [9.17, 15) is 0 Å². The first-order valence-electron chi connectivity index (χ1n) is 6.43. The van der Waals surface area contributed by atoms with Gasteiger partial charge >= 0.3 is 0 Å². The Morgan fingerprint density at radius 1 is 1.44 bits per heavy atom. The molecule has 1 heterocycles. The van der Waals surface area contributed by atoms with Gasteiger partial charge in [0, 0.05) is 13.1 Å². The molecule has 0 saturated carbocycles. The van der Waals surface area contributed by atoms with Crippen molar-refractivity contribution in [1.29, 1.82) is 0 Å². The minimum atomic E-state index is 0.573. The van der Waals surface area contributed by atoms with E-state index < -0.39 is 0 Å². The van der Waals surface area contributed by atoms with Crippen molar-refractivity contribution in [3.63, 3.8) is 0 Å². The molecule has 2 N–H and O–H groups in total. The molecule has 0 bridgehead atoms. The Morgan fingerprint density at radius 2 is 2.28 bits per heavy atom. The Hall–Kier alpha value is -1.39. The topological polar surface area (TPSA) is 55.3 Å². The van der Waals surface area contributed by atoms with E-state index in [-0.39, 0.29) is 0 Å². The van der Waals surface area contributed by atoms with Gasteiger partial charge in [-0.25, -0.2) is 4.98 Å². The van der Waals surface area contributed by atoms with Gasteiger partial charge in [0.15, 0.2) is 12.0 Å². The van der Waals surface area contributed by atoms with Gasteiger partial charge < -0.3 is 15.1 Å². The number of hydrogen-bond acceptors (Lipinski definition) is 4. The summed E-state index contributed by atoms with van der Waals surface area (Å²) in [6.07, 6.45) is 2.61. The highest BCUT2D eigenvalue weighted by molar-refractivity contribution is 5.72. The molecular formula is C14H21N3O. The molecule has 0 aliphatic heterocycles. The highest BCUT2D eigenvalue weighted by atomic mass is 16.3. The number of nitrogens with zero attached hydrogens (tertiary/aromatic N) is 2. The van der Waals surface area contributed by atoms with Gasteiger partial charge in [-0.15, -0.1) is 0 Å². The summed E-state index contributed by atoms with van der Waals surface area (Å²) in [7, 11) is 2.13. The molecule has 0 aliphatic rings. The third-order valence-corrected chi connectivity index (χ3v) is 3.33. The molecule has 4 nitrogen and oxygen atoms in total. The zero-order valence-corrected chi connectivity index (χ0v) is 11.1. The van der Waals surface area contributed by atoms with Crippen molar-refractivity contribution in [2.24, 2.45) is 11.7 Å². The predicted molar refractivity (Wildman–Crippen MR) is 73.2 cm³/mol. The van der Waals surface area contributed by atoms with Crippen molar-refractivity contribution in [2.75, 3.05) is 20.1 Å². The van der Waals surface area contributed by atoms with Crippen LogP contribution in [-0.2, 0) is 6.54 Å². The second kappa shape index (κ2) is 5.98. The average molecular weight is 247 g/mol. The quantitative estimate of drug-likeness (QED) is 0.850. The fraction of sp³-hybridized carbons (Fsp3) is 0.500. The second-order valence-corrected chi connectivity index (χ2v) is 4.86. The molecule has 18 heavy (non-hydrogen) atoms. The third kappa shape index (κ3) is 3.09. The first kappa shape index (κ1) is 13.1. The lowest BCUT2D eigenvalue weighted by molar-refractivity contribution is 0.268. The summed E-state index contributed by atoms with van der Waals surface area (Å²) in [6.45, 7) is 4.88. The lowest BCUT2D eigenvalue weighted by Crippen LogP contribution is -2.29. The molecular weight excluding hydrogens is 226 g/mol. The molecule has 2 aromatic rings. The van der Waals surface area contributed by atoms with E-state index in [1.54, 1.807) is 0 Å². The minimum Gasteiger partial charge on any atom is -0.443 e. The van der Waals surface area contributed by atoms with Gasteiger partial charge in [-0.1, -0.05) is 19.4 Å². The Bertz CT molecular complexity index is 490. The number of aromatic nitrogens is 1. The molecule has 0 saturated heterocycles. The minimum absolute atomic E-state index is 0.573. The van der Waals surface area contributed by atoms with Gasteiger partial charge in [-0.3, -0.25) is 0 Å².